The van der Waals surface area contributed by atoms with Gasteiger partial charge in [0.05, 0.1) is 11.4 Å². The van der Waals surface area contributed by atoms with E-state index in [-0.39, 0.29) is 5.91 Å². The summed E-state index contributed by atoms with van der Waals surface area (Å²) in [6.07, 6.45) is 1.55. The normalized spacial score (nSPS) is 9.94. The summed E-state index contributed by atoms with van der Waals surface area (Å²) in [7, 11) is 0. The summed E-state index contributed by atoms with van der Waals surface area (Å²) in [6.45, 7) is 0. The second-order valence-corrected chi connectivity index (χ2v) is 3.84. The molecule has 86 valence electrons. The molecule has 2 rings (SSSR count). The Morgan fingerprint density at radius 1 is 1.29 bits per heavy atom. The van der Waals surface area contributed by atoms with Crippen LogP contribution < -0.4 is 11.1 Å². The number of nitrogens with two attached hydrogens (primary N) is 1. The maximum atomic E-state index is 11.8. The van der Waals surface area contributed by atoms with E-state index in [1.165, 1.54) is 0 Å². The van der Waals surface area contributed by atoms with Gasteiger partial charge in [-0.25, -0.2) is 0 Å². The van der Waals surface area contributed by atoms with E-state index in [4.69, 9.17) is 17.3 Å². The third kappa shape index (κ3) is 2.73. The number of nitrogens with one attached hydrogen (secondary N) is 1. The Morgan fingerprint density at radius 2 is 2.12 bits per heavy atom. The van der Waals surface area contributed by atoms with Crippen LogP contribution in [0.15, 0.2) is 42.6 Å². The number of benzene rings is 1. The molecule has 1 amide bonds. The van der Waals surface area contributed by atoms with Crippen molar-refractivity contribution in [1.82, 2.24) is 4.98 Å². The van der Waals surface area contributed by atoms with Gasteiger partial charge in [0.15, 0.2) is 0 Å². The molecule has 0 fully saturated rings. The number of hydrogen-bond acceptors (Lipinski definition) is 3. The first-order valence-corrected chi connectivity index (χ1v) is 5.32. The van der Waals surface area contributed by atoms with Gasteiger partial charge in [0, 0.05) is 11.2 Å². The van der Waals surface area contributed by atoms with Crippen LogP contribution in [0, 0.1) is 0 Å². The quantitative estimate of drug-likeness (QED) is 0.802. The van der Waals surface area contributed by atoms with Gasteiger partial charge in [-0.15, -0.1) is 0 Å². The van der Waals surface area contributed by atoms with E-state index >= 15 is 0 Å². The van der Waals surface area contributed by atoms with Crippen molar-refractivity contribution in [3.8, 4) is 0 Å². The molecule has 0 saturated heterocycles. The van der Waals surface area contributed by atoms with Gasteiger partial charge in [-0.1, -0.05) is 17.7 Å². The first-order chi connectivity index (χ1) is 8.16. The van der Waals surface area contributed by atoms with E-state index in [2.05, 4.69) is 10.3 Å². The zero-order valence-corrected chi connectivity index (χ0v) is 9.61. The molecule has 1 aromatic heterocycles. The molecule has 1 aromatic carbocycles. The Hall–Kier alpha value is -2.07. The van der Waals surface area contributed by atoms with Crippen LogP contribution in [0.25, 0.3) is 0 Å². The van der Waals surface area contributed by atoms with E-state index in [0.29, 0.717) is 22.1 Å². The van der Waals surface area contributed by atoms with Crippen LogP contribution in [0.1, 0.15) is 10.5 Å². The minimum atomic E-state index is -0.320. The number of pyridine rings is 1. The number of hydrogen-bond donors (Lipinski definition) is 2. The Bertz CT molecular complexity index is 543. The van der Waals surface area contributed by atoms with Crippen LogP contribution in [0.4, 0.5) is 11.4 Å². The average Bonchev–Trinajstić information content (AvgIpc) is 2.35. The highest BCUT2D eigenvalue weighted by molar-refractivity contribution is 6.31. The standard InChI is InChI=1S/C12H10ClN3O/c13-8-4-5-9(14)11(7-8)16-12(17)10-3-1-2-6-15-10/h1-7H,14H2,(H,16,17). The van der Waals surface area contributed by atoms with E-state index < -0.39 is 0 Å². The fraction of sp³-hybridized carbons (Fsp3) is 0. The molecule has 1 heterocycles. The van der Waals surface area contributed by atoms with Gasteiger partial charge in [0.1, 0.15) is 5.69 Å². The first kappa shape index (κ1) is 11.4. The highest BCUT2D eigenvalue weighted by Crippen LogP contribution is 2.23. The fourth-order valence-corrected chi connectivity index (χ4v) is 1.49. The molecule has 4 nitrogen and oxygen atoms in total. The summed E-state index contributed by atoms with van der Waals surface area (Å²) >= 11 is 5.82. The van der Waals surface area contributed by atoms with Gasteiger partial charge in [-0.2, -0.15) is 0 Å². The summed E-state index contributed by atoms with van der Waals surface area (Å²) < 4.78 is 0. The Labute approximate surface area is 103 Å². The van der Waals surface area contributed by atoms with E-state index in [0.717, 1.165) is 0 Å². The van der Waals surface area contributed by atoms with Crippen LogP contribution in [-0.2, 0) is 0 Å². The summed E-state index contributed by atoms with van der Waals surface area (Å²) in [4.78, 5) is 15.7. The molecular weight excluding hydrogens is 238 g/mol. The molecule has 0 bridgehead atoms. The van der Waals surface area contributed by atoms with Crippen LogP contribution >= 0.6 is 11.6 Å². The summed E-state index contributed by atoms with van der Waals surface area (Å²) in [6, 6.07) is 9.99. The number of rotatable bonds is 2. The number of amides is 1. The predicted octanol–water partition coefficient (Wildman–Crippen LogP) is 2.57. The Kier molecular flexibility index (Phi) is 3.25. The lowest BCUT2D eigenvalue weighted by molar-refractivity contribution is 0.102. The molecule has 0 aliphatic carbocycles. The summed E-state index contributed by atoms with van der Waals surface area (Å²) in [5.74, 6) is -0.320. The SMILES string of the molecule is Nc1ccc(Cl)cc1NC(=O)c1ccccn1. The Morgan fingerprint density at radius 3 is 2.82 bits per heavy atom. The van der Waals surface area contributed by atoms with Crippen LogP contribution in [0.3, 0.4) is 0 Å². The van der Waals surface area contributed by atoms with Gasteiger partial charge in [0.2, 0.25) is 0 Å². The lowest BCUT2D eigenvalue weighted by Gasteiger charge is -2.07. The molecule has 0 radical (unpaired) electrons. The monoisotopic (exact) mass is 247 g/mol. The zero-order valence-electron chi connectivity index (χ0n) is 8.85. The van der Waals surface area contributed by atoms with Gasteiger partial charge < -0.3 is 11.1 Å². The van der Waals surface area contributed by atoms with Crippen LogP contribution in [-0.4, -0.2) is 10.9 Å². The number of nitrogen functional groups attached to an aromatic ring is 1. The fourth-order valence-electron chi connectivity index (χ4n) is 1.32. The third-order valence-electron chi connectivity index (χ3n) is 2.16. The van der Waals surface area contributed by atoms with Crippen molar-refractivity contribution in [3.63, 3.8) is 0 Å². The van der Waals surface area contributed by atoms with Crippen molar-refractivity contribution in [2.24, 2.45) is 0 Å². The molecule has 0 spiro atoms. The first-order valence-electron chi connectivity index (χ1n) is 4.94. The zero-order chi connectivity index (χ0) is 12.3. The molecule has 0 saturated carbocycles. The van der Waals surface area contributed by atoms with Gasteiger partial charge >= 0.3 is 0 Å². The van der Waals surface area contributed by atoms with Crippen molar-refractivity contribution in [2.75, 3.05) is 11.1 Å². The molecule has 5 heteroatoms. The molecule has 17 heavy (non-hydrogen) atoms. The highest BCUT2D eigenvalue weighted by Gasteiger charge is 2.08. The number of anilines is 2. The smallest absolute Gasteiger partial charge is 0.274 e. The van der Waals surface area contributed by atoms with Crippen molar-refractivity contribution in [3.05, 3.63) is 53.3 Å². The second-order valence-electron chi connectivity index (χ2n) is 3.40. The van der Waals surface area contributed by atoms with E-state index in [1.807, 2.05) is 0 Å². The van der Waals surface area contributed by atoms with Crippen molar-refractivity contribution in [2.45, 2.75) is 0 Å². The van der Waals surface area contributed by atoms with E-state index in [1.54, 1.807) is 42.6 Å². The predicted molar refractivity (Wildman–Crippen MR) is 68.1 cm³/mol. The number of halogens is 1. The van der Waals surface area contributed by atoms with Gasteiger partial charge in [-0.05, 0) is 30.3 Å². The molecule has 0 unspecified atom stereocenters. The molecule has 0 atom stereocenters. The average molecular weight is 248 g/mol. The van der Waals surface area contributed by atoms with Crippen LogP contribution in [0.2, 0.25) is 5.02 Å². The summed E-state index contributed by atoms with van der Waals surface area (Å²) in [5.41, 5.74) is 6.98. The summed E-state index contributed by atoms with van der Waals surface area (Å²) in [5, 5.41) is 3.17. The maximum absolute atomic E-state index is 11.8. The highest BCUT2D eigenvalue weighted by atomic mass is 35.5. The van der Waals surface area contributed by atoms with Crippen LogP contribution in [0.5, 0.6) is 0 Å². The topological polar surface area (TPSA) is 68.0 Å². The van der Waals surface area contributed by atoms with Crippen molar-refractivity contribution < 1.29 is 4.79 Å². The number of aromatic nitrogens is 1. The molecule has 3 N–H and O–H groups in total. The minimum Gasteiger partial charge on any atom is -0.397 e. The number of nitrogens with zero attached hydrogens (tertiary/aromatic N) is 1. The number of carbonyl (C=O) groups is 1. The largest absolute Gasteiger partial charge is 0.397 e. The lowest BCUT2D eigenvalue weighted by atomic mass is 10.2. The molecule has 0 aliphatic rings. The van der Waals surface area contributed by atoms with Gasteiger partial charge in [-0.3, -0.25) is 9.78 Å². The van der Waals surface area contributed by atoms with Gasteiger partial charge in [0.25, 0.3) is 5.91 Å². The lowest BCUT2D eigenvalue weighted by Crippen LogP contribution is -2.14. The third-order valence-corrected chi connectivity index (χ3v) is 2.40. The van der Waals surface area contributed by atoms with E-state index in [9.17, 15) is 4.79 Å². The minimum absolute atomic E-state index is 0.320. The van der Waals surface area contributed by atoms with Crippen molar-refractivity contribution >= 4 is 28.9 Å². The second kappa shape index (κ2) is 4.84. The maximum Gasteiger partial charge on any atom is 0.274 e. The Balaban J connectivity index is 2.22. The van der Waals surface area contributed by atoms with Crippen molar-refractivity contribution in [1.29, 1.82) is 0 Å². The number of carbonyl (C=O) groups excluding carboxylic acids is 1. The molecule has 0 aliphatic heterocycles. The molecule has 2 aromatic rings. The molecular formula is C12H10ClN3O.